The van der Waals surface area contributed by atoms with Gasteiger partial charge >= 0.3 is 6.03 Å². The Labute approximate surface area is 141 Å². The Hall–Kier alpha value is -1.73. The third-order valence-corrected chi connectivity index (χ3v) is 4.27. The molecule has 24 heavy (non-hydrogen) atoms. The molecule has 2 atom stereocenters. The summed E-state index contributed by atoms with van der Waals surface area (Å²) >= 11 is 0. The number of likely N-dealkylation sites (tertiary alicyclic amines) is 1. The van der Waals surface area contributed by atoms with E-state index >= 15 is 0 Å². The van der Waals surface area contributed by atoms with E-state index in [9.17, 15) is 13.6 Å². The van der Waals surface area contributed by atoms with Gasteiger partial charge in [-0.15, -0.1) is 0 Å². The summed E-state index contributed by atoms with van der Waals surface area (Å²) in [5, 5.41) is 5.64. The van der Waals surface area contributed by atoms with Crippen LogP contribution in [0.15, 0.2) is 18.2 Å². The van der Waals surface area contributed by atoms with E-state index in [1.807, 2.05) is 6.92 Å². The zero-order valence-electron chi connectivity index (χ0n) is 14.1. The number of ether oxygens (including phenoxy) is 1. The Kier molecular flexibility index (Phi) is 6.93. The Bertz CT molecular complexity index is 557. The number of rotatable bonds is 7. The maximum absolute atomic E-state index is 13.9. The molecule has 2 amide bonds. The highest BCUT2D eigenvalue weighted by Gasteiger charge is 2.25. The molecule has 7 heteroatoms. The topological polar surface area (TPSA) is 53.6 Å². The van der Waals surface area contributed by atoms with Crippen molar-refractivity contribution >= 4 is 6.03 Å². The monoisotopic (exact) mass is 341 g/mol. The molecule has 5 nitrogen and oxygen atoms in total. The maximum atomic E-state index is 13.9. The molecule has 0 saturated carbocycles. The smallest absolute Gasteiger partial charge is 0.315 e. The van der Waals surface area contributed by atoms with E-state index in [-0.39, 0.29) is 17.6 Å². The fourth-order valence-electron chi connectivity index (χ4n) is 2.94. The zero-order valence-corrected chi connectivity index (χ0v) is 14.1. The second-order valence-corrected chi connectivity index (χ2v) is 6.02. The molecule has 1 aromatic rings. The van der Waals surface area contributed by atoms with Crippen LogP contribution < -0.4 is 10.6 Å². The largest absolute Gasteiger partial charge is 0.383 e. The Balaban J connectivity index is 1.87. The fourth-order valence-corrected chi connectivity index (χ4v) is 2.94. The van der Waals surface area contributed by atoms with Crippen LogP contribution in [0.1, 0.15) is 31.4 Å². The number of carbonyl (C=O) groups excluding carboxylic acids is 1. The highest BCUT2D eigenvalue weighted by atomic mass is 19.1. The van der Waals surface area contributed by atoms with Gasteiger partial charge in [-0.2, -0.15) is 0 Å². The lowest BCUT2D eigenvalue weighted by molar-refractivity contribution is 0.159. The summed E-state index contributed by atoms with van der Waals surface area (Å²) in [6.45, 7) is 4.99. The molecule has 0 aromatic heterocycles. The van der Waals surface area contributed by atoms with Crippen molar-refractivity contribution in [3.05, 3.63) is 35.4 Å². The number of nitrogens with zero attached hydrogens (tertiary/aromatic N) is 1. The standard InChI is InChI=1S/C17H25F2N3O2/c1-3-16(14-10-12(18)4-5-15(14)19)21-17(23)20-13-6-7-22(11-13)8-9-24-2/h4-5,10,13,16H,3,6-9,11H2,1-2H3,(H2,20,21,23)/t13-,16+/m1/s1. The van der Waals surface area contributed by atoms with Crippen molar-refractivity contribution < 1.29 is 18.3 Å². The van der Waals surface area contributed by atoms with Crippen LogP contribution in [0.5, 0.6) is 0 Å². The minimum absolute atomic E-state index is 0.0525. The maximum Gasteiger partial charge on any atom is 0.315 e. The molecule has 0 bridgehead atoms. The van der Waals surface area contributed by atoms with Gasteiger partial charge in [-0.25, -0.2) is 13.6 Å². The summed E-state index contributed by atoms with van der Waals surface area (Å²) in [7, 11) is 1.66. The van der Waals surface area contributed by atoms with Crippen LogP contribution in [0.2, 0.25) is 0 Å². The number of hydrogen-bond acceptors (Lipinski definition) is 3. The average molecular weight is 341 g/mol. The van der Waals surface area contributed by atoms with Crippen LogP contribution in [0, 0.1) is 11.6 Å². The van der Waals surface area contributed by atoms with Gasteiger partial charge in [0.15, 0.2) is 0 Å². The normalized spacial score (nSPS) is 19.2. The van der Waals surface area contributed by atoms with Crippen molar-refractivity contribution in [3.63, 3.8) is 0 Å². The van der Waals surface area contributed by atoms with Gasteiger partial charge in [-0.3, -0.25) is 4.90 Å². The highest BCUT2D eigenvalue weighted by molar-refractivity contribution is 5.74. The number of methoxy groups -OCH3 is 1. The van der Waals surface area contributed by atoms with Crippen LogP contribution >= 0.6 is 0 Å². The van der Waals surface area contributed by atoms with Crippen LogP contribution in [0.25, 0.3) is 0 Å². The summed E-state index contributed by atoms with van der Waals surface area (Å²) in [6, 6.07) is 2.41. The van der Waals surface area contributed by atoms with Crippen molar-refractivity contribution in [2.45, 2.75) is 31.8 Å². The first kappa shape index (κ1) is 18.6. The van der Waals surface area contributed by atoms with Gasteiger partial charge < -0.3 is 15.4 Å². The fraction of sp³-hybridized carbons (Fsp3) is 0.588. The van der Waals surface area contributed by atoms with Gasteiger partial charge in [0, 0.05) is 38.3 Å². The average Bonchev–Trinajstić information content (AvgIpc) is 3.00. The van der Waals surface area contributed by atoms with Crippen molar-refractivity contribution in [1.82, 2.24) is 15.5 Å². The van der Waals surface area contributed by atoms with Crippen molar-refractivity contribution in [2.75, 3.05) is 33.4 Å². The summed E-state index contributed by atoms with van der Waals surface area (Å²) in [5.41, 5.74) is 0.167. The van der Waals surface area contributed by atoms with E-state index in [4.69, 9.17) is 4.74 Å². The van der Waals surface area contributed by atoms with Crippen molar-refractivity contribution in [3.8, 4) is 0 Å². The molecule has 1 aromatic carbocycles. The van der Waals surface area contributed by atoms with Crippen molar-refractivity contribution in [2.24, 2.45) is 0 Å². The first-order valence-corrected chi connectivity index (χ1v) is 8.26. The Morgan fingerprint density at radius 3 is 2.96 bits per heavy atom. The van der Waals surface area contributed by atoms with Crippen LogP contribution in [0.3, 0.4) is 0 Å². The number of hydrogen-bond donors (Lipinski definition) is 2. The Morgan fingerprint density at radius 1 is 1.46 bits per heavy atom. The predicted octanol–water partition coefficient (Wildman–Crippen LogP) is 2.44. The number of urea groups is 1. The summed E-state index contributed by atoms with van der Waals surface area (Å²) in [5.74, 6) is -1.04. The minimum atomic E-state index is -0.563. The summed E-state index contributed by atoms with van der Waals surface area (Å²) < 4.78 is 32.3. The minimum Gasteiger partial charge on any atom is -0.383 e. The zero-order chi connectivity index (χ0) is 17.5. The molecule has 1 aliphatic rings. The molecule has 2 rings (SSSR count). The molecule has 1 heterocycles. The van der Waals surface area contributed by atoms with Crippen LogP contribution in [0.4, 0.5) is 13.6 Å². The first-order chi connectivity index (χ1) is 11.5. The lowest BCUT2D eigenvalue weighted by Crippen LogP contribution is -2.44. The molecular weight excluding hydrogens is 316 g/mol. The van der Waals surface area contributed by atoms with E-state index in [1.165, 1.54) is 0 Å². The van der Waals surface area contributed by atoms with E-state index < -0.39 is 17.7 Å². The van der Waals surface area contributed by atoms with Gasteiger partial charge in [-0.05, 0) is 31.0 Å². The van der Waals surface area contributed by atoms with Gasteiger partial charge in [-0.1, -0.05) is 6.92 Å². The number of benzene rings is 1. The predicted molar refractivity (Wildman–Crippen MR) is 87.8 cm³/mol. The molecule has 2 N–H and O–H groups in total. The quantitative estimate of drug-likeness (QED) is 0.801. The van der Waals surface area contributed by atoms with Crippen molar-refractivity contribution in [1.29, 1.82) is 0 Å². The van der Waals surface area contributed by atoms with Gasteiger partial charge in [0.25, 0.3) is 0 Å². The first-order valence-electron chi connectivity index (χ1n) is 8.26. The third-order valence-electron chi connectivity index (χ3n) is 4.27. The molecule has 0 radical (unpaired) electrons. The van der Waals surface area contributed by atoms with E-state index in [1.54, 1.807) is 7.11 Å². The van der Waals surface area contributed by atoms with Crippen LogP contribution in [-0.2, 0) is 4.74 Å². The second kappa shape index (κ2) is 8.94. The molecular formula is C17H25F2N3O2. The van der Waals surface area contributed by atoms with E-state index in [0.717, 1.165) is 44.3 Å². The lowest BCUT2D eigenvalue weighted by Gasteiger charge is -2.21. The highest BCUT2D eigenvalue weighted by Crippen LogP contribution is 2.21. The number of nitrogens with one attached hydrogen (secondary N) is 2. The molecule has 1 saturated heterocycles. The molecule has 134 valence electrons. The van der Waals surface area contributed by atoms with Gasteiger partial charge in [0.05, 0.1) is 12.6 Å². The van der Waals surface area contributed by atoms with Crippen LogP contribution in [-0.4, -0.2) is 50.3 Å². The number of halogens is 2. The number of carbonyl (C=O) groups is 1. The summed E-state index contributed by atoms with van der Waals surface area (Å²) in [6.07, 6.45) is 1.33. The Morgan fingerprint density at radius 2 is 2.25 bits per heavy atom. The molecule has 1 aliphatic heterocycles. The van der Waals surface area contributed by atoms with Gasteiger partial charge in [0.2, 0.25) is 0 Å². The van der Waals surface area contributed by atoms with E-state index in [2.05, 4.69) is 15.5 Å². The van der Waals surface area contributed by atoms with Gasteiger partial charge in [0.1, 0.15) is 11.6 Å². The number of amides is 2. The summed E-state index contributed by atoms with van der Waals surface area (Å²) in [4.78, 5) is 14.4. The molecule has 0 spiro atoms. The third kappa shape index (κ3) is 5.14. The SMILES string of the molecule is CC[C@H](NC(=O)N[C@@H]1CCN(CCOC)C1)c1cc(F)ccc1F. The second-order valence-electron chi connectivity index (χ2n) is 6.02. The lowest BCUT2D eigenvalue weighted by atomic mass is 10.0. The molecule has 0 unspecified atom stereocenters. The molecule has 0 aliphatic carbocycles. The van der Waals surface area contributed by atoms with E-state index in [0.29, 0.717) is 13.0 Å². The molecule has 1 fully saturated rings.